The second kappa shape index (κ2) is 24.5. The summed E-state index contributed by atoms with van der Waals surface area (Å²) < 4.78 is 22.9. The maximum absolute atomic E-state index is 15.1. The Kier molecular flexibility index (Phi) is 19.0. The molecule has 22 nitrogen and oxygen atoms in total. The number of likely N-dealkylation sites (N-methyl/N-ethyl adjacent to an activating group) is 1. The van der Waals surface area contributed by atoms with Crippen LogP contribution in [0.4, 0.5) is 0 Å². The maximum atomic E-state index is 15.1. The van der Waals surface area contributed by atoms with Crippen LogP contribution in [-0.4, -0.2) is 155 Å². The molecule has 0 radical (unpaired) electrons. The Morgan fingerprint density at radius 3 is 2.03 bits per heavy atom. The molecule has 1 spiro atoms. The first-order chi connectivity index (χ1) is 33.9. The number of aliphatic hydroxyl groups excluding tert-OH is 2. The molecule has 12 atom stereocenters. The Hall–Kier alpha value is -6.91. The number of hydrogen-bond acceptors (Lipinski definition) is 15. The minimum absolute atomic E-state index is 0.142. The summed E-state index contributed by atoms with van der Waals surface area (Å²) in [6, 6.07) is 4.64. The number of epoxide rings is 1. The van der Waals surface area contributed by atoms with Gasteiger partial charge in [-0.05, 0) is 61.9 Å². The van der Waals surface area contributed by atoms with Crippen molar-refractivity contribution in [2.75, 3.05) is 26.8 Å². The number of carbonyl (C=O) groups excluding carboxylic acids is 9. The standard InChI is InChI=1S/C50H67N7O15/c1-25(2)38-45(64)56-41-32-15-17-33(18-16-32)72-30(8)50(24-70-50)20-19-36(59)51-22-37(60)69-23-34(49(68)71-29(7)40(47(66)53-38)55-43(62)27(5)42(61)26(3)4)52-46(65)39(28(6)58)54-44(63)35(57(9)48(41)67)21-31-13-11-10-12-14-31/h10-20,25-30,34-35,38-42,58,61H,21-24H2,1-9H3,(H,51,59)(H,52,65)(H,53,66)(H,54,63)(H,55,62)(H,56,64)/b20-19-/t27-,28+,29-,30-,34+,35+,38-,39-,40+,41+,42-,50+/m1/s1. The van der Waals surface area contributed by atoms with Crippen molar-refractivity contribution in [3.63, 3.8) is 0 Å². The molecule has 2 fully saturated rings. The predicted molar refractivity (Wildman–Crippen MR) is 256 cm³/mol. The molecule has 392 valence electrons. The van der Waals surface area contributed by atoms with Crippen LogP contribution in [0, 0.1) is 17.8 Å². The molecule has 4 aliphatic heterocycles. The van der Waals surface area contributed by atoms with Gasteiger partial charge >= 0.3 is 11.9 Å². The largest absolute Gasteiger partial charge is 0.487 e. The third-order valence-electron chi connectivity index (χ3n) is 12.8. The molecule has 0 aromatic heterocycles. The molecule has 6 rings (SSSR count). The number of aliphatic hydroxyl groups is 2. The summed E-state index contributed by atoms with van der Waals surface area (Å²) in [4.78, 5) is 128. The molecule has 4 heterocycles. The van der Waals surface area contributed by atoms with Crippen LogP contribution in [0.3, 0.4) is 0 Å². The number of hydrogen-bond donors (Lipinski definition) is 8. The zero-order chi connectivity index (χ0) is 53.2. The summed E-state index contributed by atoms with van der Waals surface area (Å²) in [5, 5.41) is 36.9. The molecule has 2 aromatic rings. The maximum Gasteiger partial charge on any atom is 0.332 e. The predicted octanol–water partition coefficient (Wildman–Crippen LogP) is -0.747. The highest BCUT2D eigenvalue weighted by molar-refractivity contribution is 5.98. The van der Waals surface area contributed by atoms with E-state index in [4.69, 9.17) is 18.9 Å². The smallest absolute Gasteiger partial charge is 0.332 e. The summed E-state index contributed by atoms with van der Waals surface area (Å²) in [6.07, 6.45) is -2.69. The fourth-order valence-electron chi connectivity index (χ4n) is 7.98. The summed E-state index contributed by atoms with van der Waals surface area (Å²) in [5.74, 6) is -10.8. The highest BCUT2D eigenvalue weighted by Crippen LogP contribution is 2.35. The molecule has 0 unspecified atom stereocenters. The van der Waals surface area contributed by atoms with Crippen molar-refractivity contribution in [3.8, 4) is 5.75 Å². The monoisotopic (exact) mass is 1010 g/mol. The first-order valence-corrected chi connectivity index (χ1v) is 23.8. The molecule has 0 aliphatic carbocycles. The van der Waals surface area contributed by atoms with Crippen LogP contribution in [0.2, 0.25) is 0 Å². The van der Waals surface area contributed by atoms with Gasteiger partial charge in [0.2, 0.25) is 41.4 Å². The van der Waals surface area contributed by atoms with E-state index in [0.717, 1.165) is 11.0 Å². The van der Waals surface area contributed by atoms with E-state index in [2.05, 4.69) is 31.9 Å². The fraction of sp³-hybridized carbons (Fsp3) is 0.540. The number of nitrogens with zero attached hydrogens (tertiary/aromatic N) is 1. The lowest BCUT2D eigenvalue weighted by molar-refractivity contribution is -0.160. The van der Waals surface area contributed by atoms with Crippen LogP contribution in [0.1, 0.15) is 72.6 Å². The van der Waals surface area contributed by atoms with Gasteiger partial charge in [-0.3, -0.25) is 38.4 Å². The third kappa shape index (κ3) is 14.4. The van der Waals surface area contributed by atoms with E-state index in [-0.39, 0.29) is 18.6 Å². The lowest BCUT2D eigenvalue weighted by Gasteiger charge is -2.33. The Morgan fingerprint density at radius 1 is 0.806 bits per heavy atom. The third-order valence-corrected chi connectivity index (χ3v) is 12.8. The van der Waals surface area contributed by atoms with Crippen LogP contribution < -0.4 is 36.6 Å². The number of amides is 7. The van der Waals surface area contributed by atoms with E-state index in [1.165, 1.54) is 58.2 Å². The molecule has 7 amide bonds. The average molecular weight is 1010 g/mol. The SMILES string of the molecule is CC(C)[C@@H](O)[C@@H](C)C(=O)N[C@@H]1C(=O)N[C@H](C(C)C)C(=O)N[C@@H]2C(=O)N(C)[C@@H](Cc3ccccc3)C(=O)N[C@H]([C@H](C)O)C(=O)N[C@@H](COC(=O)CNC(=O)/C=C\[C@]3(CO3)[C@@H](C)Oc3ccc2cc3)C(=O)O[C@@H]1C. The Morgan fingerprint density at radius 2 is 1.43 bits per heavy atom. The van der Waals surface area contributed by atoms with E-state index in [9.17, 15) is 48.6 Å². The van der Waals surface area contributed by atoms with Crippen molar-refractivity contribution >= 4 is 53.3 Å². The highest BCUT2D eigenvalue weighted by Gasteiger charge is 2.49. The highest BCUT2D eigenvalue weighted by atomic mass is 16.6. The van der Waals surface area contributed by atoms with Gasteiger partial charge in [0.05, 0.1) is 24.7 Å². The van der Waals surface area contributed by atoms with E-state index >= 15 is 4.79 Å². The number of esters is 2. The molecular weight excluding hydrogens is 939 g/mol. The van der Waals surface area contributed by atoms with Crippen molar-refractivity contribution in [3.05, 3.63) is 77.9 Å². The van der Waals surface area contributed by atoms with Crippen molar-refractivity contribution in [1.82, 2.24) is 36.8 Å². The van der Waals surface area contributed by atoms with E-state index in [1.54, 1.807) is 65.0 Å². The van der Waals surface area contributed by atoms with Gasteiger partial charge in [-0.1, -0.05) is 77.1 Å². The number of ether oxygens (including phenoxy) is 4. The molecular formula is C50H67N7O15. The molecule has 4 bridgehead atoms. The van der Waals surface area contributed by atoms with Gasteiger partial charge in [0.25, 0.3) is 0 Å². The number of nitrogens with one attached hydrogen (secondary N) is 6. The average Bonchev–Trinajstić information content (AvgIpc) is 4.14. The summed E-state index contributed by atoms with van der Waals surface area (Å²) in [7, 11) is 1.32. The van der Waals surface area contributed by atoms with Crippen molar-refractivity contribution in [2.24, 2.45) is 17.8 Å². The van der Waals surface area contributed by atoms with Gasteiger partial charge < -0.3 is 66.0 Å². The summed E-state index contributed by atoms with van der Waals surface area (Å²) >= 11 is 0. The van der Waals surface area contributed by atoms with Crippen LogP contribution in [-0.2, 0) is 63.8 Å². The number of cyclic esters (lactones) is 1. The van der Waals surface area contributed by atoms with Crippen LogP contribution >= 0.6 is 0 Å². The van der Waals surface area contributed by atoms with Gasteiger partial charge in [-0.25, -0.2) is 4.79 Å². The van der Waals surface area contributed by atoms with Crippen LogP contribution in [0.5, 0.6) is 5.75 Å². The quantitative estimate of drug-likeness (QED) is 0.119. The number of carbonyl (C=O) groups is 9. The normalized spacial score (nSPS) is 29.2. The first kappa shape index (κ1) is 56.0. The lowest BCUT2D eigenvalue weighted by atomic mass is 9.93. The molecule has 22 heteroatoms. The van der Waals surface area contributed by atoms with E-state index in [0.29, 0.717) is 11.3 Å². The van der Waals surface area contributed by atoms with Gasteiger partial charge in [-0.2, -0.15) is 0 Å². The van der Waals surface area contributed by atoms with E-state index < -0.39 is 150 Å². The van der Waals surface area contributed by atoms with Crippen molar-refractivity contribution in [2.45, 2.75) is 128 Å². The number of fused-ring (bicyclic) bond motifs is 9. The molecule has 2 aromatic carbocycles. The summed E-state index contributed by atoms with van der Waals surface area (Å²) in [6.45, 7) is 10.6. The fourth-order valence-corrected chi connectivity index (χ4v) is 7.98. The van der Waals surface area contributed by atoms with Gasteiger partial charge in [0.15, 0.2) is 6.04 Å². The zero-order valence-corrected chi connectivity index (χ0v) is 41.8. The Bertz CT molecular complexity index is 2340. The Labute approximate surface area is 417 Å². The number of benzene rings is 2. The van der Waals surface area contributed by atoms with Crippen molar-refractivity contribution in [1.29, 1.82) is 0 Å². The summed E-state index contributed by atoms with van der Waals surface area (Å²) in [5.41, 5.74) is -0.255. The minimum atomic E-state index is -1.94. The second-order valence-electron chi connectivity index (χ2n) is 19.1. The molecule has 2 saturated heterocycles. The topological polar surface area (TPSA) is 310 Å². The van der Waals surface area contributed by atoms with Crippen LogP contribution in [0.25, 0.3) is 0 Å². The second-order valence-corrected chi connectivity index (χ2v) is 19.1. The lowest BCUT2D eigenvalue weighted by Crippen LogP contribution is -2.61. The van der Waals surface area contributed by atoms with Gasteiger partial charge in [0.1, 0.15) is 66.9 Å². The first-order valence-electron chi connectivity index (χ1n) is 23.8. The van der Waals surface area contributed by atoms with Gasteiger partial charge in [-0.15, -0.1) is 0 Å². The van der Waals surface area contributed by atoms with Crippen molar-refractivity contribution < 1.29 is 72.3 Å². The Balaban J connectivity index is 1.71. The van der Waals surface area contributed by atoms with Gasteiger partial charge in [0, 0.05) is 19.5 Å². The molecule has 8 N–H and O–H groups in total. The van der Waals surface area contributed by atoms with Crippen LogP contribution in [0.15, 0.2) is 66.7 Å². The number of rotatable bonds is 8. The minimum Gasteiger partial charge on any atom is -0.487 e. The zero-order valence-electron chi connectivity index (χ0n) is 41.8. The molecule has 0 saturated carbocycles. The molecule has 4 aliphatic rings. The van der Waals surface area contributed by atoms with E-state index in [1.807, 2.05) is 0 Å². The molecule has 72 heavy (non-hydrogen) atoms.